The van der Waals surface area contributed by atoms with Gasteiger partial charge >= 0.3 is 0 Å². The minimum Gasteiger partial charge on any atom is -0.389 e. The Labute approximate surface area is 113 Å². The Morgan fingerprint density at radius 2 is 2.29 bits per heavy atom. The Morgan fingerprint density at radius 3 is 2.88 bits per heavy atom. The number of hydrogen-bond acceptors (Lipinski definition) is 4. The van der Waals surface area contributed by atoms with Crippen molar-refractivity contribution in [3.63, 3.8) is 0 Å². The third-order valence-electron chi connectivity index (χ3n) is 2.50. The summed E-state index contributed by atoms with van der Waals surface area (Å²) in [5, 5.41) is 3.96. The number of aryl methyl sites for hydroxylation is 1. The van der Waals surface area contributed by atoms with Crippen LogP contribution in [-0.4, -0.2) is 28.0 Å². The van der Waals surface area contributed by atoms with Crippen LogP contribution in [0.1, 0.15) is 24.6 Å². The van der Waals surface area contributed by atoms with E-state index in [0.717, 1.165) is 30.0 Å². The van der Waals surface area contributed by atoms with Crippen molar-refractivity contribution in [2.24, 2.45) is 5.73 Å². The van der Waals surface area contributed by atoms with E-state index in [9.17, 15) is 0 Å². The first-order valence-electron chi connectivity index (χ1n) is 5.58. The summed E-state index contributed by atoms with van der Waals surface area (Å²) in [6, 6.07) is 3.80. The number of thiocarbonyl (C=S) groups is 1. The second-order valence-electron chi connectivity index (χ2n) is 4.01. The van der Waals surface area contributed by atoms with Gasteiger partial charge in [-0.15, -0.1) is 0 Å². The minimum atomic E-state index is 0.413. The average Bonchev–Trinajstić information content (AvgIpc) is 2.28. The lowest BCUT2D eigenvalue weighted by atomic mass is 10.2. The Bertz CT molecular complexity index is 393. The maximum atomic E-state index is 5.62. The number of nitrogens with two attached hydrogens (primary N) is 1. The largest absolute Gasteiger partial charge is 0.389 e. The summed E-state index contributed by atoms with van der Waals surface area (Å²) in [4.78, 5) is 4.82. The van der Waals surface area contributed by atoms with Gasteiger partial charge in [0.1, 0.15) is 10.8 Å². The summed E-state index contributed by atoms with van der Waals surface area (Å²) in [5.74, 6) is 0.848. The number of anilines is 1. The lowest BCUT2D eigenvalue weighted by Gasteiger charge is -2.11. The first kappa shape index (κ1) is 14.3. The predicted octanol–water partition coefficient (Wildman–Crippen LogP) is 2.58. The van der Waals surface area contributed by atoms with Gasteiger partial charge in [0.05, 0.1) is 0 Å². The summed E-state index contributed by atoms with van der Waals surface area (Å²) in [5.41, 5.74) is 7.42. The van der Waals surface area contributed by atoms with Crippen molar-refractivity contribution in [2.45, 2.75) is 25.5 Å². The molecule has 3 N–H and O–H groups in total. The summed E-state index contributed by atoms with van der Waals surface area (Å²) < 4.78 is 0. The smallest absolute Gasteiger partial charge is 0.126 e. The second kappa shape index (κ2) is 6.81. The van der Waals surface area contributed by atoms with Crippen LogP contribution in [0.25, 0.3) is 0 Å². The molecule has 94 valence electrons. The quantitative estimate of drug-likeness (QED) is 0.777. The molecule has 17 heavy (non-hydrogen) atoms. The molecule has 1 atom stereocenters. The molecule has 0 spiro atoms. The molecule has 1 aromatic rings. The van der Waals surface area contributed by atoms with E-state index in [0.29, 0.717) is 10.2 Å². The van der Waals surface area contributed by atoms with Gasteiger partial charge in [0.2, 0.25) is 0 Å². The normalized spacial score (nSPS) is 12.2. The number of thioether (sulfide) groups is 1. The van der Waals surface area contributed by atoms with Crippen molar-refractivity contribution in [3.05, 3.63) is 23.4 Å². The summed E-state index contributed by atoms with van der Waals surface area (Å²) in [6.07, 6.45) is 3.24. The molecule has 0 saturated carbocycles. The second-order valence-corrected chi connectivity index (χ2v) is 5.72. The minimum absolute atomic E-state index is 0.413. The van der Waals surface area contributed by atoms with Crippen molar-refractivity contribution in [2.75, 3.05) is 18.1 Å². The zero-order chi connectivity index (χ0) is 12.8. The van der Waals surface area contributed by atoms with Gasteiger partial charge in [-0.2, -0.15) is 11.8 Å². The predicted molar refractivity (Wildman–Crippen MR) is 80.9 cm³/mol. The van der Waals surface area contributed by atoms with Gasteiger partial charge in [0, 0.05) is 23.1 Å². The van der Waals surface area contributed by atoms with E-state index in [4.69, 9.17) is 18.0 Å². The van der Waals surface area contributed by atoms with Crippen LogP contribution in [0.3, 0.4) is 0 Å². The fourth-order valence-electron chi connectivity index (χ4n) is 1.42. The lowest BCUT2D eigenvalue weighted by Crippen LogP contribution is -2.13. The van der Waals surface area contributed by atoms with E-state index in [1.54, 1.807) is 0 Å². The fraction of sp³-hybridized carbons (Fsp3) is 0.500. The van der Waals surface area contributed by atoms with Crippen LogP contribution in [-0.2, 0) is 0 Å². The van der Waals surface area contributed by atoms with Gasteiger partial charge in [-0.05, 0) is 31.7 Å². The van der Waals surface area contributed by atoms with Crippen molar-refractivity contribution in [1.29, 1.82) is 0 Å². The molecule has 0 aliphatic rings. The van der Waals surface area contributed by atoms with Gasteiger partial charge in [-0.25, -0.2) is 4.98 Å². The van der Waals surface area contributed by atoms with Crippen LogP contribution in [0.5, 0.6) is 0 Å². The topological polar surface area (TPSA) is 50.9 Å². The standard InChI is InChI=1S/C12H19N3S2/c1-8-6-10(12(13)16)7-11(15-8)14-5-4-9(2)17-3/h6-7,9H,4-5H2,1-3H3,(H2,13,16)(H,14,15). The SMILES string of the molecule is CSC(C)CCNc1cc(C(N)=S)cc(C)n1. The Morgan fingerprint density at radius 1 is 1.59 bits per heavy atom. The van der Waals surface area contributed by atoms with Crippen LogP contribution in [0.2, 0.25) is 0 Å². The van der Waals surface area contributed by atoms with Gasteiger partial charge in [0.25, 0.3) is 0 Å². The lowest BCUT2D eigenvalue weighted by molar-refractivity contribution is 0.849. The zero-order valence-corrected chi connectivity index (χ0v) is 12.1. The van der Waals surface area contributed by atoms with Crippen molar-refractivity contribution >= 4 is 34.8 Å². The highest BCUT2D eigenvalue weighted by atomic mass is 32.2. The third-order valence-corrected chi connectivity index (χ3v) is 3.77. The summed E-state index contributed by atoms with van der Waals surface area (Å²) in [6.45, 7) is 5.07. The number of nitrogens with zero attached hydrogens (tertiary/aromatic N) is 1. The molecule has 0 aliphatic carbocycles. The van der Waals surface area contributed by atoms with Crippen LogP contribution in [0.4, 0.5) is 5.82 Å². The van der Waals surface area contributed by atoms with Gasteiger partial charge in [0.15, 0.2) is 0 Å². The molecule has 0 fully saturated rings. The van der Waals surface area contributed by atoms with E-state index in [2.05, 4.69) is 23.5 Å². The third kappa shape index (κ3) is 4.91. The van der Waals surface area contributed by atoms with E-state index in [1.165, 1.54) is 0 Å². The monoisotopic (exact) mass is 269 g/mol. The van der Waals surface area contributed by atoms with Crippen LogP contribution in [0.15, 0.2) is 12.1 Å². The van der Waals surface area contributed by atoms with E-state index >= 15 is 0 Å². The molecule has 1 unspecified atom stereocenters. The summed E-state index contributed by atoms with van der Waals surface area (Å²) >= 11 is 6.84. The zero-order valence-electron chi connectivity index (χ0n) is 10.5. The van der Waals surface area contributed by atoms with Crippen molar-refractivity contribution in [1.82, 2.24) is 4.98 Å². The molecule has 3 nitrogen and oxygen atoms in total. The first-order valence-corrected chi connectivity index (χ1v) is 7.27. The number of nitrogens with one attached hydrogen (secondary N) is 1. The summed E-state index contributed by atoms with van der Waals surface area (Å²) in [7, 11) is 0. The van der Waals surface area contributed by atoms with E-state index in [-0.39, 0.29) is 0 Å². The molecule has 1 aromatic heterocycles. The van der Waals surface area contributed by atoms with Crippen LogP contribution in [0, 0.1) is 6.92 Å². The fourth-order valence-corrected chi connectivity index (χ4v) is 1.89. The van der Waals surface area contributed by atoms with E-state index < -0.39 is 0 Å². The number of hydrogen-bond donors (Lipinski definition) is 2. The molecule has 0 saturated heterocycles. The average molecular weight is 269 g/mol. The highest BCUT2D eigenvalue weighted by Crippen LogP contribution is 2.12. The van der Waals surface area contributed by atoms with Crippen LogP contribution >= 0.6 is 24.0 Å². The molecule has 0 bridgehead atoms. The number of aromatic nitrogens is 1. The maximum absolute atomic E-state index is 5.62. The molecule has 1 rings (SSSR count). The number of pyridine rings is 1. The number of rotatable bonds is 6. The highest BCUT2D eigenvalue weighted by molar-refractivity contribution is 7.99. The maximum Gasteiger partial charge on any atom is 0.126 e. The Kier molecular flexibility index (Phi) is 5.71. The van der Waals surface area contributed by atoms with Gasteiger partial charge in [-0.1, -0.05) is 19.1 Å². The van der Waals surface area contributed by atoms with Crippen LogP contribution < -0.4 is 11.1 Å². The van der Waals surface area contributed by atoms with Gasteiger partial charge in [-0.3, -0.25) is 0 Å². The van der Waals surface area contributed by atoms with E-state index in [1.807, 2.05) is 30.8 Å². The molecular formula is C12H19N3S2. The van der Waals surface area contributed by atoms with Crippen molar-refractivity contribution in [3.8, 4) is 0 Å². The van der Waals surface area contributed by atoms with Crippen molar-refractivity contribution < 1.29 is 0 Å². The highest BCUT2D eigenvalue weighted by Gasteiger charge is 2.03. The molecule has 0 amide bonds. The Balaban J connectivity index is 2.62. The molecule has 1 heterocycles. The first-order chi connectivity index (χ1) is 8.02. The van der Waals surface area contributed by atoms with Gasteiger partial charge < -0.3 is 11.1 Å². The molecule has 0 aliphatic heterocycles. The Hall–Kier alpha value is -0.810. The molecule has 0 radical (unpaired) electrons. The molecule has 5 heteroatoms. The molecular weight excluding hydrogens is 250 g/mol. The molecule has 0 aromatic carbocycles.